The topological polar surface area (TPSA) is 62.2 Å². The van der Waals surface area contributed by atoms with Crippen molar-refractivity contribution in [3.05, 3.63) is 78.9 Å². The van der Waals surface area contributed by atoms with Gasteiger partial charge in [0.15, 0.2) is 0 Å². The van der Waals surface area contributed by atoms with Gasteiger partial charge in [-0.2, -0.15) is 0 Å². The number of imidazole rings is 1. The molecule has 0 aliphatic heterocycles. The fourth-order valence-electron chi connectivity index (χ4n) is 3.31. The number of fused-ring (bicyclic) bond motifs is 1. The van der Waals surface area contributed by atoms with Crippen LogP contribution in [0.5, 0.6) is 0 Å². The Balaban J connectivity index is 1.51. The van der Waals surface area contributed by atoms with E-state index in [1.54, 1.807) is 18.5 Å². The molecule has 2 amide bonds. The molecule has 4 rings (SSSR count). The summed E-state index contributed by atoms with van der Waals surface area (Å²) in [6.45, 7) is 1.36. The SMILES string of the molecule is CN(C)CCNC(=O)Nc1ccc(-c2ccc3ncn(-c4ccc(F)cc4)c3c2)cc1. The smallest absolute Gasteiger partial charge is 0.319 e. The Morgan fingerprint density at radius 3 is 2.42 bits per heavy atom. The van der Waals surface area contributed by atoms with E-state index >= 15 is 0 Å². The monoisotopic (exact) mass is 417 g/mol. The van der Waals surface area contributed by atoms with E-state index in [9.17, 15) is 9.18 Å². The van der Waals surface area contributed by atoms with Gasteiger partial charge in [0, 0.05) is 24.5 Å². The number of carbonyl (C=O) groups is 1. The standard InChI is InChI=1S/C24H24FN5O/c1-29(2)14-13-26-24(31)28-20-8-3-17(4-9-20)18-5-12-22-23(15-18)30(16-27-22)21-10-6-19(25)7-11-21/h3-12,15-16H,13-14H2,1-2H3,(H2,26,28,31). The highest BCUT2D eigenvalue weighted by atomic mass is 19.1. The summed E-state index contributed by atoms with van der Waals surface area (Å²) in [5.74, 6) is -0.269. The number of carbonyl (C=O) groups excluding carboxylic acids is 1. The van der Waals surface area contributed by atoms with Crippen molar-refractivity contribution in [2.75, 3.05) is 32.5 Å². The van der Waals surface area contributed by atoms with Crippen molar-refractivity contribution in [3.63, 3.8) is 0 Å². The number of halogens is 1. The van der Waals surface area contributed by atoms with Crippen molar-refractivity contribution in [2.45, 2.75) is 0 Å². The van der Waals surface area contributed by atoms with Crippen molar-refractivity contribution in [3.8, 4) is 16.8 Å². The van der Waals surface area contributed by atoms with Gasteiger partial charge in [-0.25, -0.2) is 14.2 Å². The molecular weight excluding hydrogens is 393 g/mol. The Morgan fingerprint density at radius 2 is 1.71 bits per heavy atom. The fourth-order valence-corrected chi connectivity index (χ4v) is 3.31. The third-order valence-electron chi connectivity index (χ3n) is 4.97. The van der Waals surface area contributed by atoms with Crippen LogP contribution in [0.25, 0.3) is 27.8 Å². The molecule has 0 fully saturated rings. The Labute approximate surface area is 180 Å². The molecule has 0 spiro atoms. The summed E-state index contributed by atoms with van der Waals surface area (Å²) in [5.41, 5.74) is 5.42. The number of likely N-dealkylation sites (N-methyl/N-ethyl adjacent to an activating group) is 1. The van der Waals surface area contributed by atoms with Crippen LogP contribution in [0.2, 0.25) is 0 Å². The Kier molecular flexibility index (Phi) is 5.95. The van der Waals surface area contributed by atoms with E-state index in [1.807, 2.05) is 60.0 Å². The first-order chi connectivity index (χ1) is 15.0. The maximum Gasteiger partial charge on any atom is 0.319 e. The molecule has 3 aromatic carbocycles. The molecule has 0 unspecified atom stereocenters. The molecule has 1 aromatic heterocycles. The zero-order chi connectivity index (χ0) is 21.8. The van der Waals surface area contributed by atoms with Gasteiger partial charge in [0.1, 0.15) is 12.1 Å². The number of urea groups is 1. The van der Waals surface area contributed by atoms with Crippen LogP contribution < -0.4 is 10.6 Å². The Morgan fingerprint density at radius 1 is 1.00 bits per heavy atom. The Hall–Kier alpha value is -3.71. The molecule has 7 heteroatoms. The van der Waals surface area contributed by atoms with Crippen LogP contribution >= 0.6 is 0 Å². The van der Waals surface area contributed by atoms with E-state index in [2.05, 4.69) is 21.7 Å². The van der Waals surface area contributed by atoms with Gasteiger partial charge in [-0.1, -0.05) is 18.2 Å². The van der Waals surface area contributed by atoms with Gasteiger partial charge in [0.2, 0.25) is 0 Å². The van der Waals surface area contributed by atoms with Gasteiger partial charge >= 0.3 is 6.03 Å². The minimum absolute atomic E-state index is 0.223. The number of benzene rings is 3. The number of nitrogens with one attached hydrogen (secondary N) is 2. The maximum atomic E-state index is 13.3. The highest BCUT2D eigenvalue weighted by Crippen LogP contribution is 2.27. The van der Waals surface area contributed by atoms with Crippen molar-refractivity contribution >= 4 is 22.8 Å². The van der Waals surface area contributed by atoms with Gasteiger partial charge in [0.05, 0.1) is 11.0 Å². The first kappa shape index (κ1) is 20.6. The largest absolute Gasteiger partial charge is 0.337 e. The number of hydrogen-bond acceptors (Lipinski definition) is 3. The number of anilines is 1. The van der Waals surface area contributed by atoms with Crippen LogP contribution in [0.1, 0.15) is 0 Å². The summed E-state index contributed by atoms with van der Waals surface area (Å²) in [7, 11) is 3.92. The van der Waals surface area contributed by atoms with Crippen LogP contribution in [0.15, 0.2) is 73.1 Å². The predicted octanol–water partition coefficient (Wildman–Crippen LogP) is 4.51. The zero-order valence-electron chi connectivity index (χ0n) is 17.5. The lowest BCUT2D eigenvalue weighted by atomic mass is 10.0. The van der Waals surface area contributed by atoms with E-state index in [0.717, 1.165) is 40.1 Å². The van der Waals surface area contributed by atoms with Crippen LogP contribution in [-0.2, 0) is 0 Å². The van der Waals surface area contributed by atoms with Crippen molar-refractivity contribution < 1.29 is 9.18 Å². The highest BCUT2D eigenvalue weighted by Gasteiger charge is 2.08. The van der Waals surface area contributed by atoms with Gasteiger partial charge < -0.3 is 15.5 Å². The third kappa shape index (κ3) is 4.90. The van der Waals surface area contributed by atoms with Crippen molar-refractivity contribution in [2.24, 2.45) is 0 Å². The lowest BCUT2D eigenvalue weighted by molar-refractivity contribution is 0.250. The summed E-state index contributed by atoms with van der Waals surface area (Å²) in [6.07, 6.45) is 1.74. The van der Waals surface area contributed by atoms with Crippen LogP contribution in [-0.4, -0.2) is 47.7 Å². The van der Waals surface area contributed by atoms with E-state index in [4.69, 9.17) is 0 Å². The first-order valence-electron chi connectivity index (χ1n) is 10.0. The van der Waals surface area contributed by atoms with E-state index in [1.165, 1.54) is 12.1 Å². The average Bonchev–Trinajstić information content (AvgIpc) is 3.18. The van der Waals surface area contributed by atoms with Crippen LogP contribution in [0, 0.1) is 5.82 Å². The average molecular weight is 417 g/mol. The minimum atomic E-state index is -0.269. The molecule has 2 N–H and O–H groups in total. The molecule has 0 bridgehead atoms. The molecule has 0 aliphatic rings. The van der Waals surface area contributed by atoms with Gasteiger partial charge in [-0.3, -0.25) is 4.57 Å². The lowest BCUT2D eigenvalue weighted by Gasteiger charge is -2.11. The van der Waals surface area contributed by atoms with E-state index < -0.39 is 0 Å². The normalized spacial score (nSPS) is 11.1. The third-order valence-corrected chi connectivity index (χ3v) is 4.97. The van der Waals surface area contributed by atoms with Crippen LogP contribution in [0.4, 0.5) is 14.9 Å². The number of nitrogens with zero attached hydrogens (tertiary/aromatic N) is 3. The first-order valence-corrected chi connectivity index (χ1v) is 10.0. The van der Waals surface area contributed by atoms with E-state index in [0.29, 0.717) is 6.54 Å². The predicted molar refractivity (Wildman–Crippen MR) is 122 cm³/mol. The molecule has 0 atom stereocenters. The number of amides is 2. The summed E-state index contributed by atoms with van der Waals surface area (Å²) in [4.78, 5) is 18.4. The number of aromatic nitrogens is 2. The second-order valence-corrected chi connectivity index (χ2v) is 7.56. The second-order valence-electron chi connectivity index (χ2n) is 7.56. The molecular formula is C24H24FN5O. The highest BCUT2D eigenvalue weighted by molar-refractivity contribution is 5.90. The van der Waals surface area contributed by atoms with Gasteiger partial charge in [-0.05, 0) is 73.8 Å². The summed E-state index contributed by atoms with van der Waals surface area (Å²) < 4.78 is 15.2. The maximum absolute atomic E-state index is 13.3. The van der Waals surface area contributed by atoms with E-state index in [-0.39, 0.29) is 11.8 Å². The quantitative estimate of drug-likeness (QED) is 0.485. The molecule has 31 heavy (non-hydrogen) atoms. The zero-order valence-corrected chi connectivity index (χ0v) is 17.5. The number of rotatable bonds is 6. The molecule has 0 radical (unpaired) electrons. The van der Waals surface area contributed by atoms with Gasteiger partial charge in [-0.15, -0.1) is 0 Å². The fraction of sp³-hybridized carbons (Fsp3) is 0.167. The van der Waals surface area contributed by atoms with Crippen molar-refractivity contribution in [1.82, 2.24) is 19.8 Å². The van der Waals surface area contributed by atoms with Crippen molar-refractivity contribution in [1.29, 1.82) is 0 Å². The van der Waals surface area contributed by atoms with Gasteiger partial charge in [0.25, 0.3) is 0 Å². The van der Waals surface area contributed by atoms with Crippen LogP contribution in [0.3, 0.4) is 0 Å². The molecule has 1 heterocycles. The molecule has 6 nitrogen and oxygen atoms in total. The number of hydrogen-bond donors (Lipinski definition) is 2. The molecule has 0 saturated carbocycles. The molecule has 0 aliphatic carbocycles. The molecule has 158 valence electrons. The lowest BCUT2D eigenvalue weighted by Crippen LogP contribution is -2.34. The minimum Gasteiger partial charge on any atom is -0.337 e. The summed E-state index contributed by atoms with van der Waals surface area (Å²) in [6, 6.07) is 19.8. The summed E-state index contributed by atoms with van der Waals surface area (Å²) in [5, 5.41) is 5.67. The second kappa shape index (κ2) is 8.97. The summed E-state index contributed by atoms with van der Waals surface area (Å²) >= 11 is 0. The Bertz CT molecular complexity index is 1180. The molecule has 0 saturated heterocycles. The molecule has 4 aromatic rings.